The van der Waals surface area contributed by atoms with Crippen LogP contribution in [0.15, 0.2) is 41.5 Å². The molecule has 0 radical (unpaired) electrons. The van der Waals surface area contributed by atoms with E-state index in [9.17, 15) is 9.90 Å². The van der Waals surface area contributed by atoms with Gasteiger partial charge in [-0.3, -0.25) is 9.78 Å². The van der Waals surface area contributed by atoms with Gasteiger partial charge in [0.25, 0.3) is 5.56 Å². The second-order valence-electron chi connectivity index (χ2n) is 6.32. The van der Waals surface area contributed by atoms with Crippen LogP contribution in [0.5, 0.6) is 5.75 Å². The summed E-state index contributed by atoms with van der Waals surface area (Å²) in [5.74, 6) is -0.0962. The minimum Gasteiger partial charge on any atom is -0.505 e. The van der Waals surface area contributed by atoms with E-state index in [-0.39, 0.29) is 16.9 Å². The molecule has 0 spiro atoms. The molecule has 3 aromatic rings. The zero-order valence-corrected chi connectivity index (χ0v) is 15.7. The molecule has 0 unspecified atom stereocenters. The van der Waals surface area contributed by atoms with Crippen molar-refractivity contribution < 1.29 is 5.11 Å². The van der Waals surface area contributed by atoms with Crippen LogP contribution < -0.4 is 5.56 Å². The van der Waals surface area contributed by atoms with Crippen molar-refractivity contribution in [2.75, 3.05) is 0 Å². The largest absolute Gasteiger partial charge is 0.505 e. The summed E-state index contributed by atoms with van der Waals surface area (Å²) in [6.07, 6.45) is 4.91. The third-order valence-electron chi connectivity index (χ3n) is 4.49. The third-order valence-corrected chi connectivity index (χ3v) is 4.84. The van der Waals surface area contributed by atoms with Crippen molar-refractivity contribution in [1.82, 2.24) is 14.8 Å². The van der Waals surface area contributed by atoms with E-state index in [4.69, 9.17) is 11.6 Å². The fraction of sp³-hybridized carbons (Fsp3) is 0.250. The molecule has 0 aliphatic heterocycles. The Kier molecular flexibility index (Phi) is 5.09. The Bertz CT molecular complexity index is 1010. The molecule has 0 fully saturated rings. The van der Waals surface area contributed by atoms with E-state index in [1.165, 1.54) is 4.68 Å². The molecule has 0 saturated carbocycles. The number of aromatic hydroxyl groups is 1. The summed E-state index contributed by atoms with van der Waals surface area (Å²) in [6, 6.07) is 7.58. The molecule has 0 bridgehead atoms. The molecule has 134 valence electrons. The lowest BCUT2D eigenvalue weighted by Crippen LogP contribution is -2.23. The van der Waals surface area contributed by atoms with E-state index in [1.807, 2.05) is 37.4 Å². The number of rotatable bonds is 4. The van der Waals surface area contributed by atoms with Gasteiger partial charge in [0.15, 0.2) is 5.75 Å². The first-order valence-electron chi connectivity index (χ1n) is 8.34. The predicted molar refractivity (Wildman–Crippen MR) is 103 cm³/mol. The quantitative estimate of drug-likeness (QED) is 0.762. The number of hydrogen-bond donors (Lipinski definition) is 1. The fourth-order valence-electron chi connectivity index (χ4n) is 3.13. The van der Waals surface area contributed by atoms with Gasteiger partial charge in [-0.1, -0.05) is 23.7 Å². The summed E-state index contributed by atoms with van der Waals surface area (Å²) in [4.78, 5) is 16.9. The van der Waals surface area contributed by atoms with Crippen molar-refractivity contribution in [1.29, 1.82) is 0 Å². The monoisotopic (exact) mass is 369 g/mol. The Morgan fingerprint density at radius 1 is 1.15 bits per heavy atom. The molecular weight excluding hydrogens is 350 g/mol. The number of aromatic nitrogens is 3. The van der Waals surface area contributed by atoms with Crippen molar-refractivity contribution >= 4 is 11.6 Å². The molecule has 0 aliphatic rings. The van der Waals surface area contributed by atoms with Crippen LogP contribution in [0, 0.1) is 13.8 Å². The molecule has 0 amide bonds. The molecule has 1 N–H and O–H groups in total. The van der Waals surface area contributed by atoms with Crippen LogP contribution in [0.25, 0.3) is 11.1 Å². The van der Waals surface area contributed by atoms with E-state index in [0.29, 0.717) is 22.7 Å². The minimum absolute atomic E-state index is 0.0962. The third kappa shape index (κ3) is 3.35. The van der Waals surface area contributed by atoms with Crippen LogP contribution in [0.1, 0.15) is 22.4 Å². The van der Waals surface area contributed by atoms with Crippen molar-refractivity contribution in [2.45, 2.75) is 26.7 Å². The first-order valence-corrected chi connectivity index (χ1v) is 8.72. The van der Waals surface area contributed by atoms with Gasteiger partial charge < -0.3 is 5.11 Å². The lowest BCUT2D eigenvalue weighted by Gasteiger charge is -2.17. The summed E-state index contributed by atoms with van der Waals surface area (Å²) in [6.45, 7) is 3.58. The Labute approximate surface area is 156 Å². The standard InChI is InChI=1S/C20H20ClN3O2/c1-12-6-9-16(21)15(8-7-14-5-4-10-22-11-14)17(12)18-19(25)13(2)23-24(3)20(18)26/h4-6,9-11,25H,7-8H2,1-3H3. The number of halogens is 1. The number of hydrogen-bond acceptors (Lipinski definition) is 4. The number of benzene rings is 1. The molecular formula is C20H20ClN3O2. The molecule has 26 heavy (non-hydrogen) atoms. The van der Waals surface area contributed by atoms with Crippen LogP contribution in [-0.4, -0.2) is 19.9 Å². The molecule has 1 aromatic carbocycles. The predicted octanol–water partition coefficient (Wildman–Crippen LogP) is 3.60. The van der Waals surface area contributed by atoms with Gasteiger partial charge in [0.2, 0.25) is 0 Å². The Hall–Kier alpha value is -2.66. The first kappa shape index (κ1) is 18.1. The van der Waals surface area contributed by atoms with E-state index in [1.54, 1.807) is 20.2 Å². The van der Waals surface area contributed by atoms with Crippen molar-refractivity contribution in [3.05, 3.63) is 74.4 Å². The summed E-state index contributed by atoms with van der Waals surface area (Å²) < 4.78 is 1.25. The molecule has 0 atom stereocenters. The van der Waals surface area contributed by atoms with E-state index >= 15 is 0 Å². The Balaban J connectivity index is 2.17. The normalized spacial score (nSPS) is 10.9. The van der Waals surface area contributed by atoms with E-state index < -0.39 is 0 Å². The van der Waals surface area contributed by atoms with Gasteiger partial charge in [0, 0.05) is 24.5 Å². The molecule has 0 saturated heterocycles. The Morgan fingerprint density at radius 2 is 1.92 bits per heavy atom. The van der Waals surface area contributed by atoms with Gasteiger partial charge in [-0.05, 0) is 61.1 Å². The highest BCUT2D eigenvalue weighted by molar-refractivity contribution is 6.31. The number of nitrogens with zero attached hydrogens (tertiary/aromatic N) is 3. The number of aryl methyl sites for hydroxylation is 4. The van der Waals surface area contributed by atoms with Crippen molar-refractivity contribution in [3.63, 3.8) is 0 Å². The SMILES string of the molecule is Cc1ccc(Cl)c(CCc2cccnc2)c1-c1c(O)c(C)nn(C)c1=O. The average Bonchev–Trinajstić information content (AvgIpc) is 2.63. The van der Waals surface area contributed by atoms with E-state index in [0.717, 1.165) is 23.1 Å². The molecule has 0 aliphatic carbocycles. The molecule has 2 heterocycles. The van der Waals surface area contributed by atoms with Crippen LogP contribution in [0.4, 0.5) is 0 Å². The maximum atomic E-state index is 12.7. The number of pyridine rings is 1. The Morgan fingerprint density at radius 3 is 2.62 bits per heavy atom. The maximum Gasteiger partial charge on any atom is 0.278 e. The summed E-state index contributed by atoms with van der Waals surface area (Å²) in [7, 11) is 1.58. The molecule has 2 aromatic heterocycles. The van der Waals surface area contributed by atoms with Crippen LogP contribution >= 0.6 is 11.6 Å². The molecule has 6 heteroatoms. The van der Waals surface area contributed by atoms with Gasteiger partial charge in [0.05, 0.1) is 5.56 Å². The average molecular weight is 370 g/mol. The van der Waals surface area contributed by atoms with Gasteiger partial charge in [0.1, 0.15) is 5.69 Å². The summed E-state index contributed by atoms with van der Waals surface area (Å²) in [5, 5.41) is 15.2. The first-order chi connectivity index (χ1) is 12.4. The summed E-state index contributed by atoms with van der Waals surface area (Å²) in [5.41, 5.74) is 3.80. The van der Waals surface area contributed by atoms with Crippen LogP contribution in [0.2, 0.25) is 5.02 Å². The lowest BCUT2D eigenvalue weighted by molar-refractivity contribution is 0.460. The highest BCUT2D eigenvalue weighted by Gasteiger charge is 2.21. The zero-order valence-electron chi connectivity index (χ0n) is 15.0. The lowest BCUT2D eigenvalue weighted by atomic mass is 9.91. The van der Waals surface area contributed by atoms with Gasteiger partial charge in [-0.15, -0.1) is 0 Å². The molecule has 5 nitrogen and oxygen atoms in total. The van der Waals surface area contributed by atoms with Crippen LogP contribution in [-0.2, 0) is 19.9 Å². The van der Waals surface area contributed by atoms with Crippen molar-refractivity contribution in [3.8, 4) is 16.9 Å². The zero-order chi connectivity index (χ0) is 18.8. The summed E-state index contributed by atoms with van der Waals surface area (Å²) >= 11 is 6.48. The highest BCUT2D eigenvalue weighted by Crippen LogP contribution is 2.36. The smallest absolute Gasteiger partial charge is 0.278 e. The van der Waals surface area contributed by atoms with Gasteiger partial charge >= 0.3 is 0 Å². The van der Waals surface area contributed by atoms with Crippen LogP contribution in [0.3, 0.4) is 0 Å². The minimum atomic E-state index is -0.346. The second kappa shape index (κ2) is 7.30. The van der Waals surface area contributed by atoms with Crippen molar-refractivity contribution in [2.24, 2.45) is 7.05 Å². The molecule has 3 rings (SSSR count). The fourth-order valence-corrected chi connectivity index (χ4v) is 3.39. The second-order valence-corrected chi connectivity index (χ2v) is 6.72. The van der Waals surface area contributed by atoms with Gasteiger partial charge in [-0.25, -0.2) is 4.68 Å². The van der Waals surface area contributed by atoms with Gasteiger partial charge in [-0.2, -0.15) is 5.10 Å². The van der Waals surface area contributed by atoms with E-state index in [2.05, 4.69) is 10.1 Å². The maximum absolute atomic E-state index is 12.7. The topological polar surface area (TPSA) is 68.0 Å². The highest BCUT2D eigenvalue weighted by atomic mass is 35.5.